The van der Waals surface area contributed by atoms with Gasteiger partial charge in [0, 0.05) is 0 Å². The van der Waals surface area contributed by atoms with E-state index in [2.05, 4.69) is 4.98 Å². The molecule has 0 bridgehead atoms. The summed E-state index contributed by atoms with van der Waals surface area (Å²) in [5, 5.41) is 0. The van der Waals surface area contributed by atoms with Crippen molar-refractivity contribution in [3.05, 3.63) is 47.7 Å². The van der Waals surface area contributed by atoms with Crippen LogP contribution < -0.4 is 4.74 Å². The number of hydrogen-bond acceptors (Lipinski definition) is 5. The molecule has 0 unspecified atom stereocenters. The zero-order valence-electron chi connectivity index (χ0n) is 12.3. The number of rotatable bonds is 7. The zero-order chi connectivity index (χ0) is 15.1. The van der Waals surface area contributed by atoms with Gasteiger partial charge in [-0.1, -0.05) is 31.5 Å². The normalized spacial score (nSPS) is 10.4. The van der Waals surface area contributed by atoms with Crippen molar-refractivity contribution in [1.29, 1.82) is 0 Å². The fraction of sp³-hybridized carbons (Fsp3) is 0.375. The predicted molar refractivity (Wildman–Crippen MR) is 77.2 cm³/mol. The first-order valence-electron chi connectivity index (χ1n) is 7.08. The molecule has 0 N–H and O–H groups in total. The Balaban J connectivity index is 2.09. The van der Waals surface area contributed by atoms with Gasteiger partial charge in [-0.05, 0) is 25.5 Å². The largest absolute Gasteiger partial charge is 0.484 e. The maximum Gasteiger partial charge on any atom is 0.376 e. The molecule has 5 nitrogen and oxygen atoms in total. The van der Waals surface area contributed by atoms with Gasteiger partial charge in [0.1, 0.15) is 5.75 Å². The van der Waals surface area contributed by atoms with Crippen LogP contribution >= 0.6 is 0 Å². The van der Waals surface area contributed by atoms with Gasteiger partial charge in [0.15, 0.2) is 6.61 Å². The monoisotopic (exact) mass is 289 g/mol. The Morgan fingerprint density at radius 1 is 1.24 bits per heavy atom. The summed E-state index contributed by atoms with van der Waals surface area (Å²) in [6, 6.07) is 9.38. The van der Waals surface area contributed by atoms with Crippen molar-refractivity contribution in [2.45, 2.75) is 33.3 Å². The number of para-hydroxylation sites is 1. The molecule has 0 aliphatic carbocycles. The molecule has 1 aromatic carbocycles. The molecular formula is C16H19NO4. The molecule has 5 heteroatoms. The highest BCUT2D eigenvalue weighted by Crippen LogP contribution is 2.17. The van der Waals surface area contributed by atoms with E-state index in [1.165, 1.54) is 0 Å². The third-order valence-electron chi connectivity index (χ3n) is 2.79. The van der Waals surface area contributed by atoms with E-state index in [-0.39, 0.29) is 12.4 Å². The van der Waals surface area contributed by atoms with E-state index in [9.17, 15) is 4.79 Å². The average molecular weight is 289 g/mol. The molecule has 2 rings (SSSR count). The van der Waals surface area contributed by atoms with Crippen molar-refractivity contribution < 1.29 is 18.7 Å². The smallest absolute Gasteiger partial charge is 0.376 e. The van der Waals surface area contributed by atoms with Gasteiger partial charge in [0.05, 0.1) is 12.3 Å². The summed E-state index contributed by atoms with van der Waals surface area (Å²) in [6.45, 7) is 4.26. The number of carbonyl (C=O) groups excluding carboxylic acids is 1. The first-order valence-corrected chi connectivity index (χ1v) is 7.08. The molecule has 0 aliphatic rings. The van der Waals surface area contributed by atoms with Crippen molar-refractivity contribution in [2.75, 3.05) is 6.61 Å². The molecule has 0 saturated heterocycles. The van der Waals surface area contributed by atoms with E-state index in [0.717, 1.165) is 12.2 Å². The van der Waals surface area contributed by atoms with Gasteiger partial charge < -0.3 is 13.9 Å². The van der Waals surface area contributed by atoms with Crippen molar-refractivity contribution in [3.8, 4) is 5.75 Å². The lowest BCUT2D eigenvalue weighted by atomic mass is 10.2. The summed E-state index contributed by atoms with van der Waals surface area (Å²) in [5.41, 5.74) is 0.627. The van der Waals surface area contributed by atoms with Crippen LogP contribution in [0.15, 0.2) is 34.7 Å². The van der Waals surface area contributed by atoms with Crippen LogP contribution in [0.4, 0.5) is 0 Å². The lowest BCUT2D eigenvalue weighted by Gasteiger charge is -2.02. The lowest BCUT2D eigenvalue weighted by molar-refractivity contribution is 0.0484. The minimum absolute atomic E-state index is 0.181. The summed E-state index contributed by atoms with van der Waals surface area (Å²) < 4.78 is 16.0. The van der Waals surface area contributed by atoms with Crippen LogP contribution in [0.1, 0.15) is 42.4 Å². The fourth-order valence-corrected chi connectivity index (χ4v) is 1.89. The molecule has 1 aromatic heterocycles. The molecule has 0 radical (unpaired) electrons. The van der Waals surface area contributed by atoms with E-state index < -0.39 is 5.97 Å². The maximum absolute atomic E-state index is 11.8. The summed E-state index contributed by atoms with van der Waals surface area (Å²) >= 11 is 0. The Morgan fingerprint density at radius 2 is 2.00 bits per heavy atom. The third kappa shape index (κ3) is 4.08. The molecule has 0 atom stereocenters. The second-order valence-corrected chi connectivity index (χ2v) is 4.46. The van der Waals surface area contributed by atoms with Crippen LogP contribution in [0.5, 0.6) is 5.75 Å². The van der Waals surface area contributed by atoms with E-state index in [4.69, 9.17) is 13.9 Å². The lowest BCUT2D eigenvalue weighted by Crippen LogP contribution is -2.06. The van der Waals surface area contributed by atoms with E-state index >= 15 is 0 Å². The molecule has 21 heavy (non-hydrogen) atoms. The Hall–Kier alpha value is -2.30. The highest BCUT2D eigenvalue weighted by atomic mass is 16.5. The summed E-state index contributed by atoms with van der Waals surface area (Å²) in [5.74, 6) is 0.820. The number of benzene rings is 1. The highest BCUT2D eigenvalue weighted by Gasteiger charge is 2.20. The number of hydrogen-bond donors (Lipinski definition) is 0. The molecular weight excluding hydrogens is 270 g/mol. The molecule has 1 heterocycles. The van der Waals surface area contributed by atoms with Crippen LogP contribution in [-0.2, 0) is 17.8 Å². The molecule has 2 aromatic rings. The second-order valence-electron chi connectivity index (χ2n) is 4.46. The summed E-state index contributed by atoms with van der Waals surface area (Å²) in [4.78, 5) is 16.2. The van der Waals surface area contributed by atoms with E-state index in [1.807, 2.05) is 37.3 Å². The Bertz CT molecular complexity index is 577. The first kappa shape index (κ1) is 15.1. The second kappa shape index (κ2) is 7.47. The van der Waals surface area contributed by atoms with Gasteiger partial charge in [-0.15, -0.1) is 0 Å². The predicted octanol–water partition coefficient (Wildman–Crippen LogP) is 3.38. The first-order chi connectivity index (χ1) is 10.2. The minimum Gasteiger partial charge on any atom is -0.484 e. The van der Waals surface area contributed by atoms with Crippen molar-refractivity contribution in [1.82, 2.24) is 4.98 Å². The maximum atomic E-state index is 11.8. The Kier molecular flexibility index (Phi) is 5.37. The quantitative estimate of drug-likeness (QED) is 0.731. The third-order valence-corrected chi connectivity index (χ3v) is 2.79. The summed E-state index contributed by atoms with van der Waals surface area (Å²) in [7, 11) is 0. The van der Waals surface area contributed by atoms with Crippen LogP contribution in [0.25, 0.3) is 0 Å². The standard InChI is InChI=1S/C16H19NO4/c1-3-8-13-15(16(18)19-4-2)21-14(17-13)11-20-12-9-6-5-7-10-12/h5-7,9-10H,3-4,8,11H2,1-2H3. The number of aryl methyl sites for hydroxylation is 1. The van der Waals surface area contributed by atoms with Gasteiger partial charge >= 0.3 is 5.97 Å². The average Bonchev–Trinajstić information content (AvgIpc) is 2.90. The van der Waals surface area contributed by atoms with Gasteiger partial charge in [-0.25, -0.2) is 9.78 Å². The molecule has 0 aliphatic heterocycles. The van der Waals surface area contributed by atoms with Crippen molar-refractivity contribution in [2.24, 2.45) is 0 Å². The Labute approximate surface area is 123 Å². The van der Waals surface area contributed by atoms with Gasteiger partial charge in [-0.3, -0.25) is 0 Å². The fourth-order valence-electron chi connectivity index (χ4n) is 1.89. The number of esters is 1. The topological polar surface area (TPSA) is 61.6 Å². The van der Waals surface area contributed by atoms with Gasteiger partial charge in [0.2, 0.25) is 11.7 Å². The number of ether oxygens (including phenoxy) is 2. The SMILES string of the molecule is CCCc1nc(COc2ccccc2)oc1C(=O)OCC. The molecule has 0 amide bonds. The van der Waals surface area contributed by atoms with E-state index in [0.29, 0.717) is 24.6 Å². The van der Waals surface area contributed by atoms with Crippen LogP contribution in [0.3, 0.4) is 0 Å². The van der Waals surface area contributed by atoms with Crippen LogP contribution in [0, 0.1) is 0 Å². The number of nitrogens with zero attached hydrogens (tertiary/aromatic N) is 1. The summed E-state index contributed by atoms with van der Waals surface area (Å²) in [6.07, 6.45) is 1.54. The Morgan fingerprint density at radius 3 is 2.67 bits per heavy atom. The van der Waals surface area contributed by atoms with Crippen LogP contribution in [0.2, 0.25) is 0 Å². The highest BCUT2D eigenvalue weighted by molar-refractivity contribution is 5.87. The van der Waals surface area contributed by atoms with Crippen LogP contribution in [-0.4, -0.2) is 17.6 Å². The molecule has 0 fully saturated rings. The number of oxazole rings is 1. The zero-order valence-corrected chi connectivity index (χ0v) is 12.3. The number of aromatic nitrogens is 1. The molecule has 0 saturated carbocycles. The van der Waals surface area contributed by atoms with Gasteiger partial charge in [-0.2, -0.15) is 0 Å². The minimum atomic E-state index is -0.473. The van der Waals surface area contributed by atoms with Crippen molar-refractivity contribution >= 4 is 5.97 Å². The molecule has 112 valence electrons. The van der Waals surface area contributed by atoms with E-state index in [1.54, 1.807) is 6.92 Å². The molecule has 0 spiro atoms. The van der Waals surface area contributed by atoms with Crippen molar-refractivity contribution in [3.63, 3.8) is 0 Å². The van der Waals surface area contributed by atoms with Gasteiger partial charge in [0.25, 0.3) is 0 Å². The number of carbonyl (C=O) groups is 1.